The first-order valence-corrected chi connectivity index (χ1v) is 9.78. The molecule has 7 nitrogen and oxygen atoms in total. The maximum atomic E-state index is 13.2. The molecule has 2 aromatic rings. The number of rotatable bonds is 4. The fourth-order valence-electron chi connectivity index (χ4n) is 4.28. The zero-order valence-corrected chi connectivity index (χ0v) is 16.7. The number of imidazole rings is 1. The van der Waals surface area contributed by atoms with Crippen molar-refractivity contribution in [2.24, 2.45) is 5.92 Å². The number of likely N-dealkylation sites (N-methyl/N-ethyl adjacent to an activating group) is 1. The van der Waals surface area contributed by atoms with E-state index >= 15 is 0 Å². The van der Waals surface area contributed by atoms with Gasteiger partial charge >= 0.3 is 0 Å². The van der Waals surface area contributed by atoms with E-state index in [4.69, 9.17) is 0 Å². The SMILES string of the molecule is CN(CC(=O)N1c2ccccc2NC(=O)C1(C)C)CC1CCn2ccnc2C1. The van der Waals surface area contributed by atoms with Gasteiger partial charge in [0.25, 0.3) is 0 Å². The first-order valence-electron chi connectivity index (χ1n) is 9.78. The summed E-state index contributed by atoms with van der Waals surface area (Å²) >= 11 is 0. The van der Waals surface area contributed by atoms with Crippen molar-refractivity contribution in [1.82, 2.24) is 14.5 Å². The second-order valence-electron chi connectivity index (χ2n) is 8.35. The Morgan fingerprint density at radius 1 is 1.36 bits per heavy atom. The van der Waals surface area contributed by atoms with Crippen LogP contribution >= 0.6 is 0 Å². The molecule has 0 spiro atoms. The average Bonchev–Trinajstić information content (AvgIpc) is 3.10. The predicted molar refractivity (Wildman–Crippen MR) is 108 cm³/mol. The van der Waals surface area contributed by atoms with Crippen molar-refractivity contribution < 1.29 is 9.59 Å². The molecular weight excluding hydrogens is 354 g/mol. The molecule has 1 atom stereocenters. The number of amides is 2. The topological polar surface area (TPSA) is 70.5 Å². The van der Waals surface area contributed by atoms with Gasteiger partial charge in [-0.05, 0) is 45.4 Å². The molecule has 0 fully saturated rings. The molecule has 1 N–H and O–H groups in total. The van der Waals surface area contributed by atoms with Crippen LogP contribution in [0.3, 0.4) is 0 Å². The highest BCUT2D eigenvalue weighted by Crippen LogP contribution is 2.36. The number of nitrogens with zero attached hydrogens (tertiary/aromatic N) is 4. The normalized spacial score (nSPS) is 20.5. The van der Waals surface area contributed by atoms with Gasteiger partial charge in [0.2, 0.25) is 11.8 Å². The molecule has 7 heteroatoms. The summed E-state index contributed by atoms with van der Waals surface area (Å²) in [6, 6.07) is 7.46. The monoisotopic (exact) mass is 381 g/mol. The van der Waals surface area contributed by atoms with Gasteiger partial charge in [-0.15, -0.1) is 0 Å². The summed E-state index contributed by atoms with van der Waals surface area (Å²) in [6.45, 7) is 5.67. The number of anilines is 2. The Bertz CT molecular complexity index is 904. The first kappa shape index (κ1) is 18.7. The quantitative estimate of drug-likeness (QED) is 0.881. The van der Waals surface area contributed by atoms with Gasteiger partial charge in [0, 0.05) is 31.9 Å². The number of aryl methyl sites for hydroxylation is 1. The van der Waals surface area contributed by atoms with Crippen molar-refractivity contribution in [3.05, 3.63) is 42.5 Å². The number of hydrogen-bond acceptors (Lipinski definition) is 4. The van der Waals surface area contributed by atoms with Crippen molar-refractivity contribution in [2.75, 3.05) is 30.4 Å². The van der Waals surface area contributed by atoms with Gasteiger partial charge in [-0.1, -0.05) is 12.1 Å². The zero-order chi connectivity index (χ0) is 19.9. The summed E-state index contributed by atoms with van der Waals surface area (Å²) in [5.41, 5.74) is 0.508. The lowest BCUT2D eigenvalue weighted by molar-refractivity contribution is -0.127. The second kappa shape index (κ2) is 7.05. The van der Waals surface area contributed by atoms with Crippen molar-refractivity contribution in [1.29, 1.82) is 0 Å². The molecule has 2 aliphatic rings. The summed E-state index contributed by atoms with van der Waals surface area (Å²) in [5, 5.41) is 2.91. The molecule has 0 saturated carbocycles. The van der Waals surface area contributed by atoms with E-state index in [1.54, 1.807) is 18.7 Å². The van der Waals surface area contributed by atoms with E-state index in [-0.39, 0.29) is 18.4 Å². The van der Waals surface area contributed by atoms with Gasteiger partial charge in [-0.3, -0.25) is 19.4 Å². The van der Waals surface area contributed by atoms with Crippen molar-refractivity contribution in [3.63, 3.8) is 0 Å². The van der Waals surface area contributed by atoms with Crippen LogP contribution in [0.15, 0.2) is 36.7 Å². The van der Waals surface area contributed by atoms with Crippen LogP contribution in [0.1, 0.15) is 26.1 Å². The van der Waals surface area contributed by atoms with E-state index in [0.717, 1.165) is 37.4 Å². The third kappa shape index (κ3) is 3.30. The largest absolute Gasteiger partial charge is 0.335 e. The van der Waals surface area contributed by atoms with Gasteiger partial charge in [0.05, 0.1) is 17.9 Å². The summed E-state index contributed by atoms with van der Waals surface area (Å²) in [4.78, 5) is 33.9. The maximum absolute atomic E-state index is 13.2. The fourth-order valence-corrected chi connectivity index (χ4v) is 4.28. The van der Waals surface area contributed by atoms with E-state index in [1.807, 2.05) is 43.7 Å². The highest BCUT2D eigenvalue weighted by atomic mass is 16.2. The molecule has 2 aliphatic heterocycles. The Hall–Kier alpha value is -2.67. The Kier molecular flexibility index (Phi) is 4.71. The molecule has 1 aromatic carbocycles. The average molecular weight is 381 g/mol. The number of fused-ring (bicyclic) bond motifs is 2. The number of aromatic nitrogens is 2. The molecule has 1 aromatic heterocycles. The number of nitrogens with one attached hydrogen (secondary N) is 1. The van der Waals surface area contributed by atoms with Crippen molar-refractivity contribution >= 4 is 23.2 Å². The molecule has 0 radical (unpaired) electrons. The van der Waals surface area contributed by atoms with E-state index < -0.39 is 5.54 Å². The summed E-state index contributed by atoms with van der Waals surface area (Å²) < 4.78 is 2.20. The summed E-state index contributed by atoms with van der Waals surface area (Å²) in [6.07, 6.45) is 5.90. The van der Waals surface area contributed by atoms with Gasteiger partial charge < -0.3 is 9.88 Å². The minimum absolute atomic E-state index is 0.0629. The summed E-state index contributed by atoms with van der Waals surface area (Å²) in [7, 11) is 1.97. The highest BCUT2D eigenvalue weighted by molar-refractivity contribution is 6.14. The van der Waals surface area contributed by atoms with Crippen LogP contribution in [0.4, 0.5) is 11.4 Å². The van der Waals surface area contributed by atoms with Crippen LogP contribution in [0, 0.1) is 5.92 Å². The molecule has 3 heterocycles. The van der Waals surface area contributed by atoms with Gasteiger partial charge in [0.1, 0.15) is 11.4 Å². The summed E-state index contributed by atoms with van der Waals surface area (Å²) in [5.74, 6) is 1.38. The lowest BCUT2D eigenvalue weighted by Crippen LogP contribution is -2.60. The van der Waals surface area contributed by atoms with Crippen LogP contribution < -0.4 is 10.2 Å². The molecular formula is C21H27N5O2. The lowest BCUT2D eigenvalue weighted by atomic mass is 9.95. The van der Waals surface area contributed by atoms with Crippen LogP contribution in [0.5, 0.6) is 0 Å². The molecule has 2 amide bonds. The third-order valence-electron chi connectivity index (χ3n) is 5.78. The predicted octanol–water partition coefficient (Wildman–Crippen LogP) is 2.14. The molecule has 0 saturated heterocycles. The lowest BCUT2D eigenvalue weighted by Gasteiger charge is -2.42. The highest BCUT2D eigenvalue weighted by Gasteiger charge is 2.43. The molecule has 0 aliphatic carbocycles. The molecule has 1 unspecified atom stereocenters. The Balaban J connectivity index is 1.46. The minimum Gasteiger partial charge on any atom is -0.335 e. The van der Waals surface area contributed by atoms with Crippen LogP contribution in [-0.4, -0.2) is 51.9 Å². The first-order chi connectivity index (χ1) is 13.4. The van der Waals surface area contributed by atoms with Gasteiger partial charge in [0.15, 0.2) is 0 Å². The van der Waals surface area contributed by atoms with Crippen LogP contribution in [-0.2, 0) is 22.6 Å². The van der Waals surface area contributed by atoms with Crippen LogP contribution in [0.2, 0.25) is 0 Å². The standard InChI is InChI=1S/C21H27N5O2/c1-21(2)20(28)23-16-6-4-5-7-17(16)26(21)19(27)14-24(3)13-15-8-10-25-11-9-22-18(25)12-15/h4-7,9,11,15H,8,10,12-14H2,1-3H3,(H,23,28). The smallest absolute Gasteiger partial charge is 0.250 e. The number of benzene rings is 1. The van der Waals surface area contributed by atoms with Crippen molar-refractivity contribution in [2.45, 2.75) is 38.8 Å². The minimum atomic E-state index is -0.929. The van der Waals surface area contributed by atoms with Crippen LogP contribution in [0.25, 0.3) is 0 Å². The fraction of sp³-hybridized carbons (Fsp3) is 0.476. The molecule has 4 rings (SSSR count). The number of hydrogen-bond donors (Lipinski definition) is 1. The third-order valence-corrected chi connectivity index (χ3v) is 5.78. The Morgan fingerprint density at radius 2 is 2.14 bits per heavy atom. The van der Waals surface area contributed by atoms with E-state index in [9.17, 15) is 9.59 Å². The Labute approximate surface area is 165 Å². The zero-order valence-electron chi connectivity index (χ0n) is 16.7. The van der Waals surface area contributed by atoms with E-state index in [2.05, 4.69) is 19.8 Å². The number of para-hydroxylation sites is 2. The van der Waals surface area contributed by atoms with E-state index in [0.29, 0.717) is 11.6 Å². The molecule has 148 valence electrons. The van der Waals surface area contributed by atoms with Gasteiger partial charge in [-0.25, -0.2) is 4.98 Å². The van der Waals surface area contributed by atoms with Crippen molar-refractivity contribution in [3.8, 4) is 0 Å². The second-order valence-corrected chi connectivity index (χ2v) is 8.35. The molecule has 0 bridgehead atoms. The van der Waals surface area contributed by atoms with Gasteiger partial charge in [-0.2, -0.15) is 0 Å². The van der Waals surface area contributed by atoms with E-state index in [1.165, 1.54) is 0 Å². The Morgan fingerprint density at radius 3 is 2.96 bits per heavy atom. The number of carbonyl (C=O) groups is 2. The maximum Gasteiger partial charge on any atom is 0.250 e. The molecule has 28 heavy (non-hydrogen) atoms. The number of carbonyl (C=O) groups excluding carboxylic acids is 2.